The number of aromatic amines is 1. The van der Waals surface area contributed by atoms with E-state index in [1.165, 1.54) is 6.07 Å². The first-order chi connectivity index (χ1) is 12.4. The van der Waals surface area contributed by atoms with E-state index in [1.54, 1.807) is 36.7 Å². The standard InChI is InChI=1S/C21H22FN3O/c1-14(2)11-21(3,12-15-6-4-5-7-17(15)22)25-20(26)16-10-19-18(24-13-16)8-9-23-19/h4-10,13,23H,1,11-12H2,2-3H3,(H,25,26). The highest BCUT2D eigenvalue weighted by molar-refractivity contribution is 5.97. The summed E-state index contributed by atoms with van der Waals surface area (Å²) in [7, 11) is 0. The van der Waals surface area contributed by atoms with Crippen LogP contribution in [0, 0.1) is 5.82 Å². The smallest absolute Gasteiger partial charge is 0.253 e. The van der Waals surface area contributed by atoms with E-state index >= 15 is 0 Å². The fourth-order valence-electron chi connectivity index (χ4n) is 3.28. The molecule has 0 aliphatic rings. The molecule has 0 saturated carbocycles. The minimum absolute atomic E-state index is 0.242. The van der Waals surface area contributed by atoms with Crippen molar-refractivity contribution < 1.29 is 9.18 Å². The van der Waals surface area contributed by atoms with Crippen LogP contribution in [0.2, 0.25) is 0 Å². The van der Waals surface area contributed by atoms with Crippen molar-refractivity contribution in [2.45, 2.75) is 32.2 Å². The maximum absolute atomic E-state index is 14.1. The fourth-order valence-corrected chi connectivity index (χ4v) is 3.28. The lowest BCUT2D eigenvalue weighted by Crippen LogP contribution is -2.48. The van der Waals surface area contributed by atoms with Gasteiger partial charge in [0.05, 0.1) is 16.6 Å². The quantitative estimate of drug-likeness (QED) is 0.647. The Labute approximate surface area is 152 Å². The van der Waals surface area contributed by atoms with Gasteiger partial charge in [0.25, 0.3) is 5.91 Å². The first kappa shape index (κ1) is 17.9. The maximum atomic E-state index is 14.1. The van der Waals surface area contributed by atoms with Gasteiger partial charge in [-0.2, -0.15) is 0 Å². The molecule has 2 heterocycles. The van der Waals surface area contributed by atoms with Crippen LogP contribution in [0.3, 0.4) is 0 Å². The number of nitrogens with one attached hydrogen (secondary N) is 2. The molecule has 26 heavy (non-hydrogen) atoms. The predicted molar refractivity (Wildman–Crippen MR) is 101 cm³/mol. The van der Waals surface area contributed by atoms with Crippen molar-refractivity contribution in [3.63, 3.8) is 0 Å². The number of fused-ring (bicyclic) bond motifs is 1. The summed E-state index contributed by atoms with van der Waals surface area (Å²) in [4.78, 5) is 20.1. The Morgan fingerprint density at radius 3 is 2.85 bits per heavy atom. The lowest BCUT2D eigenvalue weighted by atomic mass is 9.86. The summed E-state index contributed by atoms with van der Waals surface area (Å²) in [5.74, 6) is -0.516. The number of benzene rings is 1. The zero-order chi connectivity index (χ0) is 18.7. The number of rotatable bonds is 6. The van der Waals surface area contributed by atoms with Gasteiger partial charge in [0.15, 0.2) is 0 Å². The molecule has 0 aliphatic heterocycles. The normalized spacial score (nSPS) is 13.3. The van der Waals surface area contributed by atoms with E-state index in [-0.39, 0.29) is 11.7 Å². The number of carbonyl (C=O) groups excluding carboxylic acids is 1. The van der Waals surface area contributed by atoms with Gasteiger partial charge < -0.3 is 10.3 Å². The molecule has 0 fully saturated rings. The molecule has 0 saturated heterocycles. The van der Waals surface area contributed by atoms with Gasteiger partial charge in [0, 0.05) is 17.9 Å². The number of hydrogen-bond donors (Lipinski definition) is 2. The zero-order valence-electron chi connectivity index (χ0n) is 15.0. The maximum Gasteiger partial charge on any atom is 0.253 e. The number of H-pyrrole nitrogens is 1. The molecule has 5 heteroatoms. The molecule has 0 spiro atoms. The predicted octanol–water partition coefficient (Wildman–Crippen LogP) is 4.40. The molecule has 4 nitrogen and oxygen atoms in total. The van der Waals surface area contributed by atoms with Crippen LogP contribution in [0.1, 0.15) is 36.2 Å². The molecule has 2 N–H and O–H groups in total. The van der Waals surface area contributed by atoms with Crippen molar-refractivity contribution >= 4 is 16.9 Å². The van der Waals surface area contributed by atoms with Crippen LogP contribution in [-0.4, -0.2) is 21.4 Å². The second-order valence-corrected chi connectivity index (χ2v) is 7.05. The molecule has 0 aliphatic carbocycles. The van der Waals surface area contributed by atoms with E-state index in [4.69, 9.17) is 0 Å². The van der Waals surface area contributed by atoms with Gasteiger partial charge >= 0.3 is 0 Å². The monoisotopic (exact) mass is 351 g/mol. The highest BCUT2D eigenvalue weighted by atomic mass is 19.1. The van der Waals surface area contributed by atoms with E-state index in [9.17, 15) is 9.18 Å². The zero-order valence-corrected chi connectivity index (χ0v) is 15.0. The van der Waals surface area contributed by atoms with Gasteiger partial charge in [-0.1, -0.05) is 23.8 Å². The van der Waals surface area contributed by atoms with E-state index in [2.05, 4.69) is 21.9 Å². The number of carbonyl (C=O) groups is 1. The third kappa shape index (κ3) is 3.99. The van der Waals surface area contributed by atoms with Gasteiger partial charge in [-0.15, -0.1) is 6.58 Å². The first-order valence-electron chi connectivity index (χ1n) is 8.50. The number of nitrogens with zero attached hydrogens (tertiary/aromatic N) is 1. The van der Waals surface area contributed by atoms with Crippen LogP contribution in [0.4, 0.5) is 4.39 Å². The molecule has 1 amide bonds. The van der Waals surface area contributed by atoms with E-state index < -0.39 is 5.54 Å². The summed E-state index contributed by atoms with van der Waals surface area (Å²) in [6.45, 7) is 7.77. The van der Waals surface area contributed by atoms with Crippen LogP contribution in [0.25, 0.3) is 11.0 Å². The number of aromatic nitrogens is 2. The van der Waals surface area contributed by atoms with Crippen LogP contribution in [0.15, 0.2) is 60.9 Å². The van der Waals surface area contributed by atoms with E-state index in [1.807, 2.05) is 19.9 Å². The van der Waals surface area contributed by atoms with Crippen molar-refractivity contribution in [3.8, 4) is 0 Å². The highest BCUT2D eigenvalue weighted by Gasteiger charge is 2.28. The Kier molecular flexibility index (Phi) is 4.89. The summed E-state index contributed by atoms with van der Waals surface area (Å²) < 4.78 is 14.1. The second-order valence-electron chi connectivity index (χ2n) is 7.05. The average Bonchev–Trinajstić information content (AvgIpc) is 3.03. The second kappa shape index (κ2) is 7.12. The first-order valence-corrected chi connectivity index (χ1v) is 8.50. The van der Waals surface area contributed by atoms with Gasteiger partial charge in [-0.05, 0) is 50.5 Å². The fraction of sp³-hybridized carbons (Fsp3) is 0.238. The van der Waals surface area contributed by atoms with Crippen molar-refractivity contribution in [3.05, 3.63) is 77.9 Å². The molecule has 1 unspecified atom stereocenters. The summed E-state index contributed by atoms with van der Waals surface area (Å²) in [6, 6.07) is 10.2. The van der Waals surface area contributed by atoms with Crippen molar-refractivity contribution in [2.24, 2.45) is 0 Å². The van der Waals surface area contributed by atoms with Crippen molar-refractivity contribution in [1.82, 2.24) is 15.3 Å². The SMILES string of the molecule is C=C(C)CC(C)(Cc1ccccc1F)NC(=O)c1cnc2cc[nH]c2c1. The lowest BCUT2D eigenvalue weighted by molar-refractivity contribution is 0.0904. The van der Waals surface area contributed by atoms with Crippen molar-refractivity contribution in [2.75, 3.05) is 0 Å². The molecule has 0 radical (unpaired) electrons. The van der Waals surface area contributed by atoms with Gasteiger partial charge in [-0.3, -0.25) is 9.78 Å². The number of halogens is 1. The van der Waals surface area contributed by atoms with E-state index in [0.29, 0.717) is 24.0 Å². The van der Waals surface area contributed by atoms with Gasteiger partial charge in [0.2, 0.25) is 0 Å². The van der Waals surface area contributed by atoms with Gasteiger partial charge in [-0.25, -0.2) is 4.39 Å². The highest BCUT2D eigenvalue weighted by Crippen LogP contribution is 2.23. The summed E-state index contributed by atoms with van der Waals surface area (Å²) in [5.41, 5.74) is 2.89. The third-order valence-corrected chi connectivity index (χ3v) is 4.31. The van der Waals surface area contributed by atoms with Crippen LogP contribution in [-0.2, 0) is 6.42 Å². The number of amides is 1. The topological polar surface area (TPSA) is 57.8 Å². The molecule has 134 valence electrons. The number of pyridine rings is 1. The lowest BCUT2D eigenvalue weighted by Gasteiger charge is -2.31. The third-order valence-electron chi connectivity index (χ3n) is 4.31. The van der Waals surface area contributed by atoms with Crippen molar-refractivity contribution in [1.29, 1.82) is 0 Å². The van der Waals surface area contributed by atoms with Crippen LogP contribution >= 0.6 is 0 Å². The Balaban J connectivity index is 1.85. The van der Waals surface area contributed by atoms with Crippen LogP contribution < -0.4 is 5.32 Å². The minimum Gasteiger partial charge on any atom is -0.360 e. The van der Waals surface area contributed by atoms with Crippen LogP contribution in [0.5, 0.6) is 0 Å². The molecule has 3 aromatic rings. The average molecular weight is 351 g/mol. The Bertz CT molecular complexity index is 963. The summed E-state index contributed by atoms with van der Waals surface area (Å²) >= 11 is 0. The molecule has 1 aromatic carbocycles. The minimum atomic E-state index is -0.657. The van der Waals surface area contributed by atoms with Gasteiger partial charge in [0.1, 0.15) is 5.82 Å². The summed E-state index contributed by atoms with van der Waals surface area (Å²) in [6.07, 6.45) is 4.25. The Morgan fingerprint density at radius 2 is 2.12 bits per heavy atom. The van der Waals surface area contributed by atoms with E-state index in [0.717, 1.165) is 16.6 Å². The largest absolute Gasteiger partial charge is 0.360 e. The molecule has 3 rings (SSSR count). The molecule has 2 aromatic heterocycles. The molecule has 1 atom stereocenters. The number of hydrogen-bond acceptors (Lipinski definition) is 2. The Morgan fingerprint density at radius 1 is 1.35 bits per heavy atom. The Hall–Kier alpha value is -2.95. The molecule has 0 bridgehead atoms. The summed E-state index contributed by atoms with van der Waals surface area (Å²) in [5, 5.41) is 3.05. The molecular weight excluding hydrogens is 329 g/mol. The molecular formula is C21H22FN3O.